The van der Waals surface area contributed by atoms with Gasteiger partial charge in [-0.25, -0.2) is 4.98 Å². The number of hydrogen-bond donors (Lipinski definition) is 1. The van der Waals surface area contributed by atoms with E-state index in [1.807, 2.05) is 31.2 Å². The third-order valence-corrected chi connectivity index (χ3v) is 5.05. The SMILES string of the molecule is CCc1ccc(Cl)c(CC)c1NC(=O)c1ccc2ncsc2c1. The fourth-order valence-corrected chi connectivity index (χ4v) is 3.66. The van der Waals surface area contributed by atoms with Gasteiger partial charge in [-0.05, 0) is 48.2 Å². The Balaban J connectivity index is 1.97. The van der Waals surface area contributed by atoms with Gasteiger partial charge in [-0.3, -0.25) is 4.79 Å². The number of benzene rings is 2. The van der Waals surface area contributed by atoms with Crippen LogP contribution in [0.3, 0.4) is 0 Å². The van der Waals surface area contributed by atoms with E-state index in [4.69, 9.17) is 11.6 Å². The van der Waals surface area contributed by atoms with E-state index < -0.39 is 0 Å². The van der Waals surface area contributed by atoms with Crippen molar-refractivity contribution in [3.05, 3.63) is 57.6 Å². The number of rotatable bonds is 4. The second kappa shape index (κ2) is 6.69. The Bertz CT molecular complexity index is 873. The highest BCUT2D eigenvalue weighted by Crippen LogP contribution is 2.30. The van der Waals surface area contributed by atoms with E-state index in [1.165, 1.54) is 11.3 Å². The number of nitrogens with zero attached hydrogens (tertiary/aromatic N) is 1. The normalized spacial score (nSPS) is 10.9. The molecule has 5 heteroatoms. The summed E-state index contributed by atoms with van der Waals surface area (Å²) in [5.74, 6) is -0.119. The van der Waals surface area contributed by atoms with Crippen molar-refractivity contribution < 1.29 is 4.79 Å². The van der Waals surface area contributed by atoms with E-state index >= 15 is 0 Å². The summed E-state index contributed by atoms with van der Waals surface area (Å²) >= 11 is 7.82. The molecule has 0 bridgehead atoms. The van der Waals surface area contributed by atoms with Crippen LogP contribution in [0.2, 0.25) is 5.02 Å². The number of carbonyl (C=O) groups excluding carboxylic acids is 1. The van der Waals surface area contributed by atoms with Crippen molar-refractivity contribution in [3.8, 4) is 0 Å². The second-order valence-electron chi connectivity index (χ2n) is 5.26. The molecule has 0 unspecified atom stereocenters. The molecule has 1 N–H and O–H groups in total. The van der Waals surface area contributed by atoms with Gasteiger partial charge in [-0.15, -0.1) is 11.3 Å². The molecule has 1 aromatic heterocycles. The predicted octanol–water partition coefficient (Wildman–Crippen LogP) is 5.33. The largest absolute Gasteiger partial charge is 0.321 e. The van der Waals surface area contributed by atoms with Crippen molar-refractivity contribution in [1.29, 1.82) is 0 Å². The molecule has 0 aliphatic heterocycles. The van der Waals surface area contributed by atoms with Gasteiger partial charge in [0.1, 0.15) is 0 Å². The first-order valence-electron chi connectivity index (χ1n) is 7.58. The van der Waals surface area contributed by atoms with Gasteiger partial charge in [0.05, 0.1) is 15.7 Å². The van der Waals surface area contributed by atoms with Crippen molar-refractivity contribution in [1.82, 2.24) is 4.98 Å². The summed E-state index contributed by atoms with van der Waals surface area (Å²) in [5.41, 5.74) is 6.26. The highest BCUT2D eigenvalue weighted by atomic mass is 35.5. The van der Waals surface area contributed by atoms with Gasteiger partial charge < -0.3 is 5.32 Å². The highest BCUT2D eigenvalue weighted by Gasteiger charge is 2.15. The Hall–Kier alpha value is -1.91. The van der Waals surface area contributed by atoms with Crippen LogP contribution in [0.1, 0.15) is 35.3 Å². The number of aromatic nitrogens is 1. The van der Waals surface area contributed by atoms with Crippen LogP contribution in [0.15, 0.2) is 35.8 Å². The van der Waals surface area contributed by atoms with Crippen molar-refractivity contribution in [2.45, 2.75) is 26.7 Å². The summed E-state index contributed by atoms with van der Waals surface area (Å²) in [6.07, 6.45) is 1.61. The Labute approximate surface area is 144 Å². The molecule has 2 aromatic carbocycles. The van der Waals surface area contributed by atoms with Gasteiger partial charge in [-0.1, -0.05) is 31.5 Å². The Morgan fingerprint density at radius 1 is 1.22 bits per heavy atom. The van der Waals surface area contributed by atoms with Gasteiger partial charge in [0.25, 0.3) is 5.91 Å². The van der Waals surface area contributed by atoms with Crippen LogP contribution in [0.4, 0.5) is 5.69 Å². The number of aryl methyl sites for hydroxylation is 1. The minimum atomic E-state index is -0.119. The number of nitrogens with one attached hydrogen (secondary N) is 1. The summed E-state index contributed by atoms with van der Waals surface area (Å²) in [6.45, 7) is 4.11. The van der Waals surface area contributed by atoms with Gasteiger partial charge in [0.15, 0.2) is 0 Å². The van der Waals surface area contributed by atoms with Crippen LogP contribution in [0, 0.1) is 0 Å². The molecule has 1 amide bonds. The number of carbonyl (C=O) groups is 1. The van der Waals surface area contributed by atoms with Gasteiger partial charge >= 0.3 is 0 Å². The van der Waals surface area contributed by atoms with Crippen LogP contribution >= 0.6 is 22.9 Å². The summed E-state index contributed by atoms with van der Waals surface area (Å²) in [7, 11) is 0. The lowest BCUT2D eigenvalue weighted by atomic mass is 10.0. The summed E-state index contributed by atoms with van der Waals surface area (Å²) in [5, 5.41) is 3.75. The molecule has 3 nitrogen and oxygen atoms in total. The number of fused-ring (bicyclic) bond motifs is 1. The van der Waals surface area contributed by atoms with Gasteiger partial charge in [0, 0.05) is 16.3 Å². The lowest BCUT2D eigenvalue weighted by Crippen LogP contribution is -2.15. The van der Waals surface area contributed by atoms with E-state index in [1.54, 1.807) is 11.6 Å². The number of hydrogen-bond acceptors (Lipinski definition) is 3. The van der Waals surface area contributed by atoms with Crippen LogP contribution < -0.4 is 5.32 Å². The second-order valence-corrected chi connectivity index (χ2v) is 6.55. The molecular weight excluding hydrogens is 328 g/mol. The number of halogens is 1. The standard InChI is InChI=1S/C18H17ClN2OS/c1-3-11-5-7-14(19)13(4-2)17(11)21-18(22)12-6-8-15-16(9-12)23-10-20-15/h5-10H,3-4H2,1-2H3,(H,21,22). The van der Waals surface area contributed by atoms with E-state index in [-0.39, 0.29) is 5.91 Å². The Kier molecular flexibility index (Phi) is 4.64. The first-order valence-corrected chi connectivity index (χ1v) is 8.84. The average molecular weight is 345 g/mol. The fraction of sp³-hybridized carbons (Fsp3) is 0.222. The summed E-state index contributed by atoms with van der Waals surface area (Å²) in [4.78, 5) is 16.9. The molecule has 0 fully saturated rings. The zero-order chi connectivity index (χ0) is 16.4. The molecule has 3 aromatic rings. The van der Waals surface area contributed by atoms with Crippen LogP contribution in [0.5, 0.6) is 0 Å². The molecule has 0 saturated heterocycles. The molecule has 0 spiro atoms. The zero-order valence-corrected chi connectivity index (χ0v) is 14.6. The van der Waals surface area contributed by atoms with Crippen molar-refractivity contribution >= 4 is 44.7 Å². The van der Waals surface area contributed by atoms with Gasteiger partial charge in [-0.2, -0.15) is 0 Å². The minimum absolute atomic E-state index is 0.119. The van der Waals surface area contributed by atoms with Crippen molar-refractivity contribution in [3.63, 3.8) is 0 Å². The molecule has 0 radical (unpaired) electrons. The average Bonchev–Trinajstić information content (AvgIpc) is 3.03. The third-order valence-electron chi connectivity index (χ3n) is 3.91. The molecule has 1 heterocycles. The van der Waals surface area contributed by atoms with Crippen LogP contribution in [-0.2, 0) is 12.8 Å². The van der Waals surface area contributed by atoms with Crippen LogP contribution in [0.25, 0.3) is 10.2 Å². The molecule has 0 aliphatic rings. The number of amides is 1. The first-order chi connectivity index (χ1) is 11.1. The number of thiazole rings is 1. The van der Waals surface area contributed by atoms with E-state index in [2.05, 4.69) is 17.2 Å². The van der Waals surface area contributed by atoms with Crippen LogP contribution in [-0.4, -0.2) is 10.9 Å². The smallest absolute Gasteiger partial charge is 0.255 e. The van der Waals surface area contributed by atoms with Gasteiger partial charge in [0.2, 0.25) is 0 Å². The molecule has 0 saturated carbocycles. The number of anilines is 1. The highest BCUT2D eigenvalue weighted by molar-refractivity contribution is 7.16. The maximum absolute atomic E-state index is 12.7. The maximum Gasteiger partial charge on any atom is 0.255 e. The maximum atomic E-state index is 12.7. The lowest BCUT2D eigenvalue weighted by Gasteiger charge is -2.16. The van der Waals surface area contributed by atoms with Crippen molar-refractivity contribution in [2.24, 2.45) is 0 Å². The fourth-order valence-electron chi connectivity index (χ4n) is 2.65. The molecular formula is C18H17ClN2OS. The van der Waals surface area contributed by atoms with E-state index in [0.717, 1.165) is 39.9 Å². The third kappa shape index (κ3) is 3.09. The summed E-state index contributed by atoms with van der Waals surface area (Å²) < 4.78 is 1.01. The molecule has 0 aliphatic carbocycles. The monoisotopic (exact) mass is 344 g/mol. The lowest BCUT2D eigenvalue weighted by molar-refractivity contribution is 0.102. The Morgan fingerprint density at radius 3 is 2.78 bits per heavy atom. The predicted molar refractivity (Wildman–Crippen MR) is 97.8 cm³/mol. The van der Waals surface area contributed by atoms with E-state index in [0.29, 0.717) is 10.6 Å². The van der Waals surface area contributed by atoms with E-state index in [9.17, 15) is 4.79 Å². The molecule has 0 atom stereocenters. The summed E-state index contributed by atoms with van der Waals surface area (Å²) in [6, 6.07) is 9.44. The minimum Gasteiger partial charge on any atom is -0.321 e. The molecule has 23 heavy (non-hydrogen) atoms. The molecule has 3 rings (SSSR count). The quantitative estimate of drug-likeness (QED) is 0.695. The topological polar surface area (TPSA) is 42.0 Å². The van der Waals surface area contributed by atoms with Crippen molar-refractivity contribution in [2.75, 3.05) is 5.32 Å². The molecule has 118 valence electrons. The first kappa shape index (κ1) is 16.0. The Morgan fingerprint density at radius 2 is 2.04 bits per heavy atom. The zero-order valence-electron chi connectivity index (χ0n) is 13.0.